The molecular formula is C24H14Br2ClN3S. The molecule has 3 nitrogen and oxygen atoms in total. The molecule has 0 atom stereocenters. The van der Waals surface area contributed by atoms with Crippen molar-refractivity contribution in [2.45, 2.75) is 0 Å². The molecule has 0 N–H and O–H groups in total. The molecular weight excluding hydrogens is 558 g/mol. The Balaban J connectivity index is 1.69. The van der Waals surface area contributed by atoms with Crippen LogP contribution in [0.15, 0.2) is 93.2 Å². The summed E-state index contributed by atoms with van der Waals surface area (Å²) in [6, 6.07) is 26.2. The summed E-state index contributed by atoms with van der Waals surface area (Å²) in [4.78, 5) is 4.86. The van der Waals surface area contributed by atoms with Crippen molar-refractivity contribution in [2.75, 3.05) is 0 Å². The van der Waals surface area contributed by atoms with Crippen LogP contribution in [0.3, 0.4) is 0 Å². The molecule has 0 radical (unpaired) electrons. The van der Waals surface area contributed by atoms with E-state index >= 15 is 0 Å². The van der Waals surface area contributed by atoms with Gasteiger partial charge in [0.2, 0.25) is 5.13 Å². The van der Waals surface area contributed by atoms with Gasteiger partial charge in [0.15, 0.2) is 0 Å². The van der Waals surface area contributed by atoms with Crippen LogP contribution in [0, 0.1) is 0 Å². The van der Waals surface area contributed by atoms with Gasteiger partial charge < -0.3 is 0 Å². The Morgan fingerprint density at radius 3 is 2.00 bits per heavy atom. The number of nitrogens with zero attached hydrogens (tertiary/aromatic N) is 3. The predicted molar refractivity (Wildman–Crippen MR) is 136 cm³/mol. The van der Waals surface area contributed by atoms with E-state index in [0.717, 1.165) is 47.8 Å². The summed E-state index contributed by atoms with van der Waals surface area (Å²) in [6.07, 6.45) is 0. The van der Waals surface area contributed by atoms with Crippen molar-refractivity contribution in [3.8, 4) is 38.9 Å². The first kappa shape index (κ1) is 20.6. The van der Waals surface area contributed by atoms with Gasteiger partial charge in [-0.1, -0.05) is 98.1 Å². The van der Waals surface area contributed by atoms with Gasteiger partial charge in [-0.05, 0) is 24.3 Å². The molecule has 0 spiro atoms. The lowest BCUT2D eigenvalue weighted by Gasteiger charge is -2.05. The van der Waals surface area contributed by atoms with E-state index in [-0.39, 0.29) is 0 Å². The van der Waals surface area contributed by atoms with E-state index in [0.29, 0.717) is 5.02 Å². The van der Waals surface area contributed by atoms with Gasteiger partial charge in [0.1, 0.15) is 5.69 Å². The Labute approximate surface area is 205 Å². The zero-order valence-electron chi connectivity index (χ0n) is 16.0. The second-order valence-corrected chi connectivity index (χ2v) is 9.86. The molecule has 0 bridgehead atoms. The van der Waals surface area contributed by atoms with Crippen molar-refractivity contribution >= 4 is 54.8 Å². The molecule has 0 amide bonds. The lowest BCUT2D eigenvalue weighted by molar-refractivity contribution is 0.881. The average Bonchev–Trinajstić information content (AvgIpc) is 3.41. The molecule has 0 aliphatic rings. The fraction of sp³-hybridized carbons (Fsp3) is 0. The molecule has 152 valence electrons. The lowest BCUT2D eigenvalue weighted by Crippen LogP contribution is -1.99. The van der Waals surface area contributed by atoms with Crippen molar-refractivity contribution in [3.63, 3.8) is 0 Å². The SMILES string of the molecule is Clc1c(-c2ccc(Br)cc2)nn(-c2nc(-c3ccccc3)cs2)c1-c1ccc(Br)cc1. The minimum atomic E-state index is 0.598. The van der Waals surface area contributed by atoms with E-state index in [4.69, 9.17) is 21.7 Å². The van der Waals surface area contributed by atoms with E-state index in [9.17, 15) is 0 Å². The molecule has 0 fully saturated rings. The first-order valence-electron chi connectivity index (χ1n) is 9.42. The molecule has 7 heteroatoms. The monoisotopic (exact) mass is 569 g/mol. The summed E-state index contributed by atoms with van der Waals surface area (Å²) < 4.78 is 3.86. The molecule has 0 aliphatic heterocycles. The molecule has 3 aromatic carbocycles. The summed E-state index contributed by atoms with van der Waals surface area (Å²) in [7, 11) is 0. The third-order valence-corrected chi connectivity index (χ3v) is 7.04. The Kier molecular flexibility index (Phi) is 5.80. The molecule has 5 rings (SSSR count). The largest absolute Gasteiger partial charge is 0.218 e. The van der Waals surface area contributed by atoms with Gasteiger partial charge in [-0.3, -0.25) is 0 Å². The highest BCUT2D eigenvalue weighted by molar-refractivity contribution is 9.10. The van der Waals surface area contributed by atoms with Gasteiger partial charge in [-0.2, -0.15) is 5.10 Å². The normalized spacial score (nSPS) is 11.1. The van der Waals surface area contributed by atoms with Crippen LogP contribution in [0.5, 0.6) is 0 Å². The van der Waals surface area contributed by atoms with E-state index < -0.39 is 0 Å². The fourth-order valence-electron chi connectivity index (χ4n) is 3.29. The third-order valence-electron chi connectivity index (χ3n) is 4.81. The first-order valence-corrected chi connectivity index (χ1v) is 12.3. The van der Waals surface area contributed by atoms with Crippen LogP contribution in [-0.4, -0.2) is 14.8 Å². The third kappa shape index (κ3) is 4.13. The molecule has 2 aromatic heterocycles. The molecule has 0 saturated heterocycles. The second kappa shape index (κ2) is 8.71. The maximum Gasteiger partial charge on any atom is 0.211 e. The molecule has 0 saturated carbocycles. The highest BCUT2D eigenvalue weighted by Crippen LogP contribution is 2.39. The summed E-state index contributed by atoms with van der Waals surface area (Å²) in [5.74, 6) is 0. The number of thiazole rings is 1. The van der Waals surface area contributed by atoms with Crippen LogP contribution in [0.25, 0.3) is 38.9 Å². The Morgan fingerprint density at radius 1 is 0.742 bits per heavy atom. The minimum absolute atomic E-state index is 0.598. The quantitative estimate of drug-likeness (QED) is 0.217. The zero-order chi connectivity index (χ0) is 21.4. The number of halogens is 3. The summed E-state index contributed by atoms with van der Waals surface area (Å²) in [5, 5.41) is 8.30. The van der Waals surface area contributed by atoms with Crippen LogP contribution >= 0.6 is 54.8 Å². The van der Waals surface area contributed by atoms with Crippen molar-refractivity contribution in [1.82, 2.24) is 14.8 Å². The van der Waals surface area contributed by atoms with Crippen LogP contribution in [0.4, 0.5) is 0 Å². The van der Waals surface area contributed by atoms with Gasteiger partial charge in [0, 0.05) is 31.0 Å². The number of hydrogen-bond acceptors (Lipinski definition) is 3. The van der Waals surface area contributed by atoms with E-state index in [1.165, 1.54) is 0 Å². The number of rotatable bonds is 4. The van der Waals surface area contributed by atoms with Crippen molar-refractivity contribution in [1.29, 1.82) is 0 Å². The molecule has 31 heavy (non-hydrogen) atoms. The summed E-state index contributed by atoms with van der Waals surface area (Å²) in [5.41, 5.74) is 5.45. The topological polar surface area (TPSA) is 30.7 Å². The lowest BCUT2D eigenvalue weighted by atomic mass is 10.1. The minimum Gasteiger partial charge on any atom is -0.218 e. The zero-order valence-corrected chi connectivity index (χ0v) is 20.7. The summed E-state index contributed by atoms with van der Waals surface area (Å²) in [6.45, 7) is 0. The van der Waals surface area contributed by atoms with Crippen LogP contribution in [0.1, 0.15) is 0 Å². The standard InChI is InChI=1S/C24H14Br2ClN3S/c25-18-10-6-16(7-11-18)22-21(27)23(17-8-12-19(26)13-9-17)30(29-22)24-28-20(14-31-24)15-4-2-1-3-5-15/h1-14H. The first-order chi connectivity index (χ1) is 15.1. The Hall–Kier alpha value is -2.25. The van der Waals surface area contributed by atoms with Crippen LogP contribution < -0.4 is 0 Å². The molecule has 2 heterocycles. The Bertz CT molecular complexity index is 1340. The maximum absolute atomic E-state index is 6.92. The van der Waals surface area contributed by atoms with Gasteiger partial charge in [-0.15, -0.1) is 11.3 Å². The Morgan fingerprint density at radius 2 is 1.35 bits per heavy atom. The van der Waals surface area contributed by atoms with E-state index in [2.05, 4.69) is 44.0 Å². The summed E-state index contributed by atoms with van der Waals surface area (Å²) >= 11 is 15.5. The highest BCUT2D eigenvalue weighted by atomic mass is 79.9. The van der Waals surface area contributed by atoms with E-state index in [1.807, 2.05) is 76.8 Å². The van der Waals surface area contributed by atoms with E-state index in [1.54, 1.807) is 11.3 Å². The predicted octanol–water partition coefficient (Wildman–Crippen LogP) is 8.51. The van der Waals surface area contributed by atoms with Crippen molar-refractivity contribution < 1.29 is 0 Å². The van der Waals surface area contributed by atoms with Crippen LogP contribution in [-0.2, 0) is 0 Å². The average molecular weight is 572 g/mol. The number of hydrogen-bond donors (Lipinski definition) is 0. The maximum atomic E-state index is 6.92. The smallest absolute Gasteiger partial charge is 0.211 e. The van der Waals surface area contributed by atoms with Gasteiger partial charge in [0.05, 0.1) is 16.4 Å². The van der Waals surface area contributed by atoms with Crippen molar-refractivity contribution in [2.24, 2.45) is 0 Å². The second-order valence-electron chi connectivity index (χ2n) is 6.82. The number of benzene rings is 3. The van der Waals surface area contributed by atoms with Crippen molar-refractivity contribution in [3.05, 3.63) is 98.2 Å². The number of aromatic nitrogens is 3. The fourth-order valence-corrected chi connectivity index (χ4v) is 4.94. The van der Waals surface area contributed by atoms with Gasteiger partial charge in [-0.25, -0.2) is 9.67 Å². The van der Waals surface area contributed by atoms with Gasteiger partial charge in [0.25, 0.3) is 0 Å². The highest BCUT2D eigenvalue weighted by Gasteiger charge is 2.22. The van der Waals surface area contributed by atoms with Crippen LogP contribution in [0.2, 0.25) is 5.02 Å². The van der Waals surface area contributed by atoms with Gasteiger partial charge >= 0.3 is 0 Å². The molecule has 5 aromatic rings. The molecule has 0 unspecified atom stereocenters. The molecule has 0 aliphatic carbocycles.